The molecule has 0 aromatic heterocycles. The van der Waals surface area contributed by atoms with Gasteiger partial charge in [-0.25, -0.2) is 0 Å². The maximum atomic E-state index is 11.8. The highest BCUT2D eigenvalue weighted by Gasteiger charge is 1.94. The van der Waals surface area contributed by atoms with Gasteiger partial charge in [0.05, 0.1) is 14.2 Å². The van der Waals surface area contributed by atoms with Crippen LogP contribution in [0.15, 0.2) is 60.7 Å². The molecule has 0 unspecified atom stereocenters. The topological polar surface area (TPSA) is 35.5 Å². The summed E-state index contributed by atoms with van der Waals surface area (Å²) in [5.41, 5.74) is 1.90. The smallest absolute Gasteiger partial charge is 0.178 e. The Labute approximate surface area is 144 Å². The third-order valence-corrected chi connectivity index (χ3v) is 3.11. The zero-order valence-electron chi connectivity index (χ0n) is 14.7. The Bertz CT molecular complexity index is 606. The van der Waals surface area contributed by atoms with E-state index in [0.29, 0.717) is 0 Å². The summed E-state index contributed by atoms with van der Waals surface area (Å²) >= 11 is 0. The summed E-state index contributed by atoms with van der Waals surface area (Å²) in [6.45, 7) is 4.00. The molecule has 3 heteroatoms. The maximum Gasteiger partial charge on any atom is 0.178 e. The lowest BCUT2D eigenvalue weighted by Crippen LogP contribution is -1.86. The molecule has 2 aromatic rings. The first-order valence-electron chi connectivity index (χ1n) is 7.89. The molecule has 0 amide bonds. The minimum atomic E-state index is -0.0633. The SMILES string of the molecule is CC.COc1ccc(/C=C/C(=O)/C=C/c2ccc(OC)cc2)cc1. The second kappa shape index (κ2) is 10.8. The quantitative estimate of drug-likeness (QED) is 0.699. The molecule has 0 saturated carbocycles. The van der Waals surface area contributed by atoms with Crippen molar-refractivity contribution in [3.05, 3.63) is 71.8 Å². The van der Waals surface area contributed by atoms with Crippen molar-refractivity contribution >= 4 is 17.9 Å². The number of carbonyl (C=O) groups excluding carboxylic acids is 1. The number of hydrogen-bond donors (Lipinski definition) is 0. The lowest BCUT2D eigenvalue weighted by molar-refractivity contribution is -0.110. The Morgan fingerprint density at radius 3 is 1.33 bits per heavy atom. The van der Waals surface area contributed by atoms with Gasteiger partial charge in [0.25, 0.3) is 0 Å². The number of methoxy groups -OCH3 is 2. The van der Waals surface area contributed by atoms with Crippen LogP contribution in [0.2, 0.25) is 0 Å². The summed E-state index contributed by atoms with van der Waals surface area (Å²) in [5.74, 6) is 1.53. The number of carbonyl (C=O) groups is 1. The molecule has 0 saturated heterocycles. The molecular weight excluding hydrogens is 300 g/mol. The number of allylic oxidation sites excluding steroid dienone is 2. The van der Waals surface area contributed by atoms with E-state index in [1.54, 1.807) is 38.5 Å². The van der Waals surface area contributed by atoms with Gasteiger partial charge in [0.1, 0.15) is 11.5 Å². The first-order valence-corrected chi connectivity index (χ1v) is 7.89. The van der Waals surface area contributed by atoms with Crippen LogP contribution >= 0.6 is 0 Å². The van der Waals surface area contributed by atoms with Crippen molar-refractivity contribution in [3.63, 3.8) is 0 Å². The van der Waals surface area contributed by atoms with Gasteiger partial charge in [-0.2, -0.15) is 0 Å². The van der Waals surface area contributed by atoms with E-state index in [1.165, 1.54) is 0 Å². The molecule has 0 atom stereocenters. The van der Waals surface area contributed by atoms with Crippen molar-refractivity contribution < 1.29 is 14.3 Å². The van der Waals surface area contributed by atoms with E-state index in [-0.39, 0.29) is 5.78 Å². The molecule has 24 heavy (non-hydrogen) atoms. The highest BCUT2D eigenvalue weighted by atomic mass is 16.5. The fourth-order valence-corrected chi connectivity index (χ4v) is 1.84. The van der Waals surface area contributed by atoms with E-state index in [4.69, 9.17) is 9.47 Å². The summed E-state index contributed by atoms with van der Waals surface area (Å²) < 4.78 is 10.2. The minimum absolute atomic E-state index is 0.0633. The second-order valence-electron chi connectivity index (χ2n) is 4.62. The summed E-state index contributed by atoms with van der Waals surface area (Å²) in [6.07, 6.45) is 6.64. The van der Waals surface area contributed by atoms with Crippen molar-refractivity contribution in [3.8, 4) is 11.5 Å². The standard InChI is InChI=1S/C19H18O3.C2H6/c1-21-18-11-5-15(6-12-18)3-9-17(20)10-4-16-7-13-19(22-2)14-8-16;1-2/h3-14H,1-2H3;1-2H3/b9-3+,10-4+;. The third kappa shape index (κ3) is 6.53. The summed E-state index contributed by atoms with van der Waals surface area (Å²) in [4.78, 5) is 11.8. The first kappa shape index (κ1) is 19.2. The molecule has 0 N–H and O–H groups in total. The van der Waals surface area contributed by atoms with E-state index >= 15 is 0 Å². The lowest BCUT2D eigenvalue weighted by atomic mass is 10.1. The molecule has 2 rings (SSSR count). The third-order valence-electron chi connectivity index (χ3n) is 3.11. The predicted octanol–water partition coefficient (Wildman–Crippen LogP) is 5.03. The van der Waals surface area contributed by atoms with Crippen LogP contribution < -0.4 is 9.47 Å². The van der Waals surface area contributed by atoms with E-state index in [1.807, 2.05) is 62.4 Å². The number of benzene rings is 2. The molecule has 0 fully saturated rings. The van der Waals surface area contributed by atoms with Crippen molar-refractivity contribution in [1.29, 1.82) is 0 Å². The van der Waals surface area contributed by atoms with Gasteiger partial charge in [0.15, 0.2) is 5.78 Å². The van der Waals surface area contributed by atoms with Crippen molar-refractivity contribution in [2.45, 2.75) is 13.8 Å². The molecule has 0 aliphatic heterocycles. The Kier molecular flexibility index (Phi) is 8.69. The second-order valence-corrected chi connectivity index (χ2v) is 4.62. The number of rotatable bonds is 6. The van der Waals surface area contributed by atoms with Gasteiger partial charge in [-0.15, -0.1) is 0 Å². The van der Waals surface area contributed by atoms with E-state index in [0.717, 1.165) is 22.6 Å². The highest BCUT2D eigenvalue weighted by molar-refractivity contribution is 6.04. The number of ketones is 1. The lowest BCUT2D eigenvalue weighted by Gasteiger charge is -1.99. The molecule has 0 aliphatic rings. The van der Waals surface area contributed by atoms with E-state index < -0.39 is 0 Å². The van der Waals surface area contributed by atoms with Gasteiger partial charge >= 0.3 is 0 Å². The van der Waals surface area contributed by atoms with Crippen molar-refractivity contribution in [2.75, 3.05) is 14.2 Å². The molecule has 0 heterocycles. The van der Waals surface area contributed by atoms with Crippen LogP contribution in [0.4, 0.5) is 0 Å². The van der Waals surface area contributed by atoms with Crippen molar-refractivity contribution in [1.82, 2.24) is 0 Å². The van der Waals surface area contributed by atoms with Crippen LogP contribution in [0.5, 0.6) is 11.5 Å². The Morgan fingerprint density at radius 1 is 0.708 bits per heavy atom. The van der Waals surface area contributed by atoms with Crippen LogP contribution in [0.3, 0.4) is 0 Å². The van der Waals surface area contributed by atoms with Crippen LogP contribution in [0.1, 0.15) is 25.0 Å². The monoisotopic (exact) mass is 324 g/mol. The fraction of sp³-hybridized carbons (Fsp3) is 0.190. The van der Waals surface area contributed by atoms with Gasteiger partial charge in [-0.1, -0.05) is 50.3 Å². The Morgan fingerprint density at radius 2 is 1.04 bits per heavy atom. The molecule has 3 nitrogen and oxygen atoms in total. The van der Waals surface area contributed by atoms with E-state index in [2.05, 4.69) is 0 Å². The van der Waals surface area contributed by atoms with Gasteiger partial charge in [-0.05, 0) is 47.5 Å². The molecule has 0 bridgehead atoms. The number of hydrogen-bond acceptors (Lipinski definition) is 3. The highest BCUT2D eigenvalue weighted by Crippen LogP contribution is 2.13. The zero-order chi connectivity index (χ0) is 17.8. The average Bonchev–Trinajstić information content (AvgIpc) is 2.67. The Balaban J connectivity index is 0.00000139. The zero-order valence-corrected chi connectivity index (χ0v) is 14.7. The van der Waals surface area contributed by atoms with Gasteiger partial charge in [0.2, 0.25) is 0 Å². The Hall–Kier alpha value is -2.81. The maximum absolute atomic E-state index is 11.8. The van der Waals surface area contributed by atoms with Crippen LogP contribution in [0.25, 0.3) is 12.2 Å². The largest absolute Gasteiger partial charge is 0.497 e. The average molecular weight is 324 g/mol. The molecule has 0 spiro atoms. The van der Waals surface area contributed by atoms with Crippen LogP contribution in [0, 0.1) is 0 Å². The van der Waals surface area contributed by atoms with Crippen molar-refractivity contribution in [2.24, 2.45) is 0 Å². The number of ether oxygens (including phenoxy) is 2. The van der Waals surface area contributed by atoms with E-state index in [9.17, 15) is 4.79 Å². The fourth-order valence-electron chi connectivity index (χ4n) is 1.84. The van der Waals surface area contributed by atoms with Gasteiger partial charge in [-0.3, -0.25) is 4.79 Å². The molecule has 126 valence electrons. The molecule has 0 aliphatic carbocycles. The molecule has 2 aromatic carbocycles. The van der Waals surface area contributed by atoms with Gasteiger partial charge in [0, 0.05) is 0 Å². The summed E-state index contributed by atoms with van der Waals surface area (Å²) in [5, 5.41) is 0. The minimum Gasteiger partial charge on any atom is -0.497 e. The first-order chi connectivity index (χ1) is 11.7. The van der Waals surface area contributed by atoms with Crippen LogP contribution in [-0.2, 0) is 4.79 Å². The predicted molar refractivity (Wildman–Crippen MR) is 100 cm³/mol. The van der Waals surface area contributed by atoms with Crippen LogP contribution in [-0.4, -0.2) is 20.0 Å². The molecular formula is C21H24O3. The normalized spacial score (nSPS) is 10.3. The molecule has 0 radical (unpaired) electrons. The summed E-state index contributed by atoms with van der Waals surface area (Å²) in [7, 11) is 3.25. The van der Waals surface area contributed by atoms with Gasteiger partial charge < -0.3 is 9.47 Å². The summed E-state index contributed by atoms with van der Waals surface area (Å²) in [6, 6.07) is 15.0.